The molecule has 0 atom stereocenters. The number of piperazine rings is 1. The van der Waals surface area contributed by atoms with E-state index in [2.05, 4.69) is 45.1 Å². The molecule has 2 saturated heterocycles. The van der Waals surface area contributed by atoms with E-state index in [4.69, 9.17) is 4.74 Å². The van der Waals surface area contributed by atoms with E-state index in [1.165, 1.54) is 17.8 Å². The van der Waals surface area contributed by atoms with Crippen LogP contribution in [-0.4, -0.2) is 72.2 Å². The molecule has 0 unspecified atom stereocenters. The summed E-state index contributed by atoms with van der Waals surface area (Å²) in [5.74, 6) is 0.137. The number of hydrogen-bond donors (Lipinski definition) is 0. The third-order valence-corrected chi connectivity index (χ3v) is 6.76. The molecule has 7 heteroatoms. The van der Waals surface area contributed by atoms with E-state index >= 15 is 0 Å². The number of anilines is 1. The fourth-order valence-corrected chi connectivity index (χ4v) is 4.86. The van der Waals surface area contributed by atoms with Crippen molar-refractivity contribution in [3.8, 4) is 0 Å². The highest BCUT2D eigenvalue weighted by atomic mass is 19.1. The maximum Gasteiger partial charge on any atom is 0.227 e. The lowest BCUT2D eigenvalue weighted by molar-refractivity contribution is -0.119. The molecule has 6 nitrogen and oxygen atoms in total. The summed E-state index contributed by atoms with van der Waals surface area (Å²) in [4.78, 5) is 23.9. The average molecular weight is 441 g/mol. The highest BCUT2D eigenvalue weighted by Crippen LogP contribution is 2.32. The number of benzene rings is 1. The minimum atomic E-state index is -0.395. The van der Waals surface area contributed by atoms with Crippen molar-refractivity contribution in [2.24, 2.45) is 0 Å². The van der Waals surface area contributed by atoms with Gasteiger partial charge in [-0.2, -0.15) is 0 Å². The summed E-state index contributed by atoms with van der Waals surface area (Å²) in [6.45, 7) is 8.66. The summed E-state index contributed by atoms with van der Waals surface area (Å²) in [5, 5.41) is 0. The maximum atomic E-state index is 13.5. The summed E-state index contributed by atoms with van der Waals surface area (Å²) in [7, 11) is 0. The molecule has 172 valence electrons. The molecule has 4 rings (SSSR count). The Morgan fingerprint density at radius 1 is 1.09 bits per heavy atom. The van der Waals surface area contributed by atoms with E-state index in [9.17, 15) is 9.18 Å². The normalized spacial score (nSPS) is 19.6. The van der Waals surface area contributed by atoms with Crippen molar-refractivity contribution in [3.05, 3.63) is 60.0 Å². The van der Waals surface area contributed by atoms with Gasteiger partial charge in [-0.25, -0.2) is 9.37 Å². The van der Waals surface area contributed by atoms with Crippen molar-refractivity contribution in [1.82, 2.24) is 14.8 Å². The largest absolute Gasteiger partial charge is 0.381 e. The predicted molar refractivity (Wildman–Crippen MR) is 123 cm³/mol. The molecule has 0 aliphatic carbocycles. The molecule has 2 aromatic rings. The van der Waals surface area contributed by atoms with Gasteiger partial charge in [0, 0.05) is 64.4 Å². The Balaban J connectivity index is 1.49. The Morgan fingerprint density at radius 2 is 1.81 bits per heavy atom. The highest BCUT2D eigenvalue weighted by Gasteiger charge is 2.42. The Labute approximate surface area is 190 Å². The van der Waals surface area contributed by atoms with Crippen molar-refractivity contribution in [2.45, 2.75) is 38.3 Å². The predicted octanol–water partition coefficient (Wildman–Crippen LogP) is 3.33. The molecular formula is C25H33FN4O2. The monoisotopic (exact) mass is 440 g/mol. The molecule has 0 radical (unpaired) electrons. The number of carbonyl (C=O) groups excluding carboxylic acids is 1. The summed E-state index contributed by atoms with van der Waals surface area (Å²) in [6.07, 6.45) is 3.32. The van der Waals surface area contributed by atoms with E-state index in [1.807, 2.05) is 6.92 Å². The van der Waals surface area contributed by atoms with E-state index in [-0.39, 0.29) is 11.4 Å². The molecule has 1 amide bonds. The number of aromatic nitrogens is 1. The molecule has 1 aromatic heterocycles. The van der Waals surface area contributed by atoms with E-state index in [0.717, 1.165) is 45.6 Å². The Bertz CT molecular complexity index is 863. The molecule has 0 saturated carbocycles. The van der Waals surface area contributed by atoms with Crippen molar-refractivity contribution in [1.29, 1.82) is 0 Å². The maximum absolute atomic E-state index is 13.5. The first-order valence-corrected chi connectivity index (χ1v) is 11.6. The lowest BCUT2D eigenvalue weighted by Crippen LogP contribution is -2.63. The smallest absolute Gasteiger partial charge is 0.227 e. The van der Waals surface area contributed by atoms with Gasteiger partial charge in [0.2, 0.25) is 5.91 Å². The average Bonchev–Trinajstić information content (AvgIpc) is 2.84. The van der Waals surface area contributed by atoms with Gasteiger partial charge in [-0.05, 0) is 30.5 Å². The number of hydrogen-bond acceptors (Lipinski definition) is 5. The second-order valence-electron chi connectivity index (χ2n) is 8.75. The molecule has 0 bridgehead atoms. The SMILES string of the molecule is CCC(=O)N(CC1(N2CCN(Cc3ccccc3)CC2)CCOCC1)c1ccc(F)cn1. The Hall–Kier alpha value is -2.35. The lowest BCUT2D eigenvalue weighted by Gasteiger charge is -2.51. The first-order valence-electron chi connectivity index (χ1n) is 11.6. The van der Waals surface area contributed by atoms with E-state index in [1.54, 1.807) is 11.0 Å². The van der Waals surface area contributed by atoms with Gasteiger partial charge in [0.1, 0.15) is 11.6 Å². The molecule has 0 spiro atoms. The van der Waals surface area contributed by atoms with Gasteiger partial charge < -0.3 is 4.74 Å². The van der Waals surface area contributed by atoms with Crippen LogP contribution in [0, 0.1) is 5.82 Å². The first-order chi connectivity index (χ1) is 15.6. The number of rotatable bonds is 7. The summed E-state index contributed by atoms with van der Waals surface area (Å²) in [5.41, 5.74) is 1.18. The number of nitrogens with zero attached hydrogens (tertiary/aromatic N) is 4. The third-order valence-electron chi connectivity index (χ3n) is 6.76. The van der Waals surface area contributed by atoms with Gasteiger partial charge in [-0.15, -0.1) is 0 Å². The minimum Gasteiger partial charge on any atom is -0.381 e. The van der Waals surface area contributed by atoms with Crippen LogP contribution in [-0.2, 0) is 16.1 Å². The van der Waals surface area contributed by atoms with Crippen LogP contribution in [0.4, 0.5) is 10.2 Å². The van der Waals surface area contributed by atoms with Crippen molar-refractivity contribution in [2.75, 3.05) is 50.8 Å². The second-order valence-corrected chi connectivity index (χ2v) is 8.75. The Morgan fingerprint density at radius 3 is 2.44 bits per heavy atom. The molecule has 2 aliphatic rings. The molecule has 3 heterocycles. The van der Waals surface area contributed by atoms with E-state index in [0.29, 0.717) is 32.0 Å². The highest BCUT2D eigenvalue weighted by molar-refractivity contribution is 5.92. The molecule has 2 aliphatic heterocycles. The number of amides is 1. The van der Waals surface area contributed by atoms with Gasteiger partial charge in [0.15, 0.2) is 0 Å². The lowest BCUT2D eigenvalue weighted by atomic mass is 9.86. The molecule has 2 fully saturated rings. The second kappa shape index (κ2) is 10.5. The molecule has 1 aromatic carbocycles. The van der Waals surface area contributed by atoms with Gasteiger partial charge in [-0.3, -0.25) is 19.5 Å². The van der Waals surface area contributed by atoms with Crippen molar-refractivity contribution in [3.63, 3.8) is 0 Å². The summed E-state index contributed by atoms with van der Waals surface area (Å²) < 4.78 is 19.2. The zero-order valence-corrected chi connectivity index (χ0v) is 18.9. The molecule has 0 N–H and O–H groups in total. The number of carbonyl (C=O) groups is 1. The van der Waals surface area contributed by atoms with Gasteiger partial charge in [0.25, 0.3) is 0 Å². The van der Waals surface area contributed by atoms with Crippen LogP contribution in [0.3, 0.4) is 0 Å². The summed E-state index contributed by atoms with van der Waals surface area (Å²) in [6, 6.07) is 13.6. The fraction of sp³-hybridized carbons (Fsp3) is 0.520. The van der Waals surface area contributed by atoms with Crippen LogP contribution < -0.4 is 4.90 Å². The van der Waals surface area contributed by atoms with E-state index < -0.39 is 5.82 Å². The van der Waals surface area contributed by atoms with Crippen LogP contribution in [0.15, 0.2) is 48.7 Å². The van der Waals surface area contributed by atoms with Crippen LogP contribution >= 0.6 is 0 Å². The topological polar surface area (TPSA) is 48.9 Å². The number of ether oxygens (including phenoxy) is 1. The van der Waals surface area contributed by atoms with Crippen LogP contribution in [0.25, 0.3) is 0 Å². The van der Waals surface area contributed by atoms with Crippen molar-refractivity contribution < 1.29 is 13.9 Å². The zero-order chi connectivity index (χ0) is 22.4. The van der Waals surface area contributed by atoms with Crippen LogP contribution in [0.5, 0.6) is 0 Å². The first kappa shape index (κ1) is 22.8. The Kier molecular flexibility index (Phi) is 7.50. The van der Waals surface area contributed by atoms with Gasteiger partial charge in [0.05, 0.1) is 6.20 Å². The fourth-order valence-electron chi connectivity index (χ4n) is 4.86. The summed E-state index contributed by atoms with van der Waals surface area (Å²) >= 11 is 0. The molecular weight excluding hydrogens is 407 g/mol. The molecule has 32 heavy (non-hydrogen) atoms. The zero-order valence-electron chi connectivity index (χ0n) is 18.9. The van der Waals surface area contributed by atoms with Crippen LogP contribution in [0.1, 0.15) is 31.7 Å². The quantitative estimate of drug-likeness (QED) is 0.661. The van der Waals surface area contributed by atoms with Gasteiger partial charge >= 0.3 is 0 Å². The van der Waals surface area contributed by atoms with Crippen molar-refractivity contribution >= 4 is 11.7 Å². The van der Waals surface area contributed by atoms with Crippen LogP contribution in [0.2, 0.25) is 0 Å². The van der Waals surface area contributed by atoms with Gasteiger partial charge in [-0.1, -0.05) is 37.3 Å². The number of halogens is 1. The third kappa shape index (κ3) is 5.34. The standard InChI is InChI=1S/C25H33FN4O2/c1-2-24(31)30(23-9-8-22(26)18-27-23)20-25(10-16-32-17-11-25)29-14-12-28(13-15-29)19-21-6-4-3-5-7-21/h3-9,18H,2,10-17,19-20H2,1H3. The minimum absolute atomic E-state index is 0.0117. The number of pyridine rings is 1.